The first-order valence-electron chi connectivity index (χ1n) is 9.40. The normalized spacial score (nSPS) is 11.2. The van der Waals surface area contributed by atoms with Crippen molar-refractivity contribution in [3.63, 3.8) is 0 Å². The van der Waals surface area contributed by atoms with Crippen LogP contribution in [0.5, 0.6) is 0 Å². The first-order chi connectivity index (χ1) is 14.1. The van der Waals surface area contributed by atoms with Crippen LogP contribution in [0.2, 0.25) is 5.02 Å². The molecule has 0 spiro atoms. The van der Waals surface area contributed by atoms with E-state index >= 15 is 0 Å². The van der Waals surface area contributed by atoms with E-state index in [2.05, 4.69) is 5.32 Å². The van der Waals surface area contributed by atoms with Gasteiger partial charge in [-0.3, -0.25) is 9.10 Å². The summed E-state index contributed by atoms with van der Waals surface area (Å²) in [7, 11) is -2.51. The van der Waals surface area contributed by atoms with Crippen LogP contribution < -0.4 is 9.62 Å². The Morgan fingerprint density at radius 1 is 1.13 bits per heavy atom. The van der Waals surface area contributed by atoms with E-state index in [4.69, 9.17) is 16.3 Å². The molecule has 0 bridgehead atoms. The van der Waals surface area contributed by atoms with Crippen LogP contribution in [-0.4, -0.2) is 40.5 Å². The molecule has 162 valence electrons. The number of carbonyl (C=O) groups excluding carboxylic acids is 2. The minimum atomic E-state index is -3.93. The number of esters is 1. The van der Waals surface area contributed by atoms with E-state index in [1.54, 1.807) is 30.3 Å². The molecular weight excluding hydrogens is 428 g/mol. The molecule has 2 aromatic rings. The Morgan fingerprint density at radius 2 is 1.80 bits per heavy atom. The number of amides is 1. The van der Waals surface area contributed by atoms with Gasteiger partial charge < -0.3 is 10.1 Å². The Kier molecular flexibility index (Phi) is 8.25. The predicted octanol–water partition coefficient (Wildman–Crippen LogP) is 3.48. The van der Waals surface area contributed by atoms with E-state index in [0.717, 1.165) is 16.8 Å². The molecule has 0 aliphatic carbocycles. The van der Waals surface area contributed by atoms with Crippen molar-refractivity contribution < 1.29 is 22.7 Å². The second-order valence-corrected chi connectivity index (χ2v) is 9.43. The number of nitrogens with one attached hydrogen (secondary N) is 1. The van der Waals surface area contributed by atoms with Crippen molar-refractivity contribution in [2.45, 2.75) is 25.2 Å². The van der Waals surface area contributed by atoms with Crippen molar-refractivity contribution >= 4 is 39.2 Å². The lowest BCUT2D eigenvalue weighted by atomic mass is 10.1. The van der Waals surface area contributed by atoms with Gasteiger partial charge in [-0.1, -0.05) is 43.6 Å². The fourth-order valence-electron chi connectivity index (χ4n) is 2.52. The number of para-hydroxylation sites is 1. The Morgan fingerprint density at radius 3 is 2.43 bits per heavy atom. The van der Waals surface area contributed by atoms with Crippen molar-refractivity contribution in [1.29, 1.82) is 0 Å². The maximum Gasteiger partial charge on any atom is 0.340 e. The standard InChI is InChI=1S/C21H25ClN2O5S/c1-15(2)11-12-23-20(25)14-29-21(26)18-13-17(9-10-19(18)22)30(27,28)24(3)16-7-5-4-6-8-16/h4-10,13,15H,11-12,14H2,1-3H3,(H,23,25). The second kappa shape index (κ2) is 10.4. The Bertz CT molecular complexity index is 994. The molecule has 0 aliphatic heterocycles. The van der Waals surface area contributed by atoms with E-state index in [1.807, 2.05) is 13.8 Å². The van der Waals surface area contributed by atoms with Gasteiger partial charge in [-0.2, -0.15) is 0 Å². The highest BCUT2D eigenvalue weighted by atomic mass is 35.5. The molecule has 0 saturated carbocycles. The molecule has 2 aromatic carbocycles. The van der Waals surface area contributed by atoms with Crippen LogP contribution in [-0.2, 0) is 19.6 Å². The van der Waals surface area contributed by atoms with Crippen molar-refractivity contribution in [3.8, 4) is 0 Å². The predicted molar refractivity (Wildman–Crippen MR) is 116 cm³/mol. The van der Waals surface area contributed by atoms with Crippen LogP contribution in [0.3, 0.4) is 0 Å². The fraction of sp³-hybridized carbons (Fsp3) is 0.333. The lowest BCUT2D eigenvalue weighted by Crippen LogP contribution is -2.30. The van der Waals surface area contributed by atoms with Gasteiger partial charge >= 0.3 is 5.97 Å². The summed E-state index contributed by atoms with van der Waals surface area (Å²) in [5.41, 5.74) is 0.337. The quantitative estimate of drug-likeness (QED) is 0.588. The van der Waals surface area contributed by atoms with E-state index < -0.39 is 28.5 Å². The van der Waals surface area contributed by atoms with Crippen LogP contribution in [0.4, 0.5) is 5.69 Å². The third-order valence-electron chi connectivity index (χ3n) is 4.31. The van der Waals surface area contributed by atoms with Crippen molar-refractivity contribution in [2.75, 3.05) is 24.5 Å². The zero-order valence-corrected chi connectivity index (χ0v) is 18.7. The molecule has 1 amide bonds. The molecule has 0 unspecified atom stereocenters. The Balaban J connectivity index is 2.12. The molecule has 0 aliphatic rings. The average molecular weight is 453 g/mol. The molecule has 0 fully saturated rings. The van der Waals surface area contributed by atoms with Crippen LogP contribution in [0.1, 0.15) is 30.6 Å². The number of hydrogen-bond acceptors (Lipinski definition) is 5. The van der Waals surface area contributed by atoms with Gasteiger partial charge in [-0.15, -0.1) is 0 Å². The largest absolute Gasteiger partial charge is 0.452 e. The fourth-order valence-corrected chi connectivity index (χ4v) is 3.93. The molecule has 9 heteroatoms. The highest BCUT2D eigenvalue weighted by Gasteiger charge is 2.24. The van der Waals surface area contributed by atoms with Gasteiger partial charge in [0.25, 0.3) is 15.9 Å². The molecule has 1 N–H and O–H groups in total. The van der Waals surface area contributed by atoms with Crippen LogP contribution in [0, 0.1) is 5.92 Å². The summed E-state index contributed by atoms with van der Waals surface area (Å²) in [5.74, 6) is -0.878. The molecule has 0 saturated heterocycles. The highest BCUT2D eigenvalue weighted by molar-refractivity contribution is 7.92. The van der Waals surface area contributed by atoms with E-state index in [-0.39, 0.29) is 15.5 Å². The zero-order chi connectivity index (χ0) is 22.3. The second-order valence-electron chi connectivity index (χ2n) is 7.06. The number of ether oxygens (including phenoxy) is 1. The summed E-state index contributed by atoms with van der Waals surface area (Å²) in [4.78, 5) is 24.1. The van der Waals surface area contributed by atoms with Crippen LogP contribution in [0.25, 0.3) is 0 Å². The van der Waals surface area contributed by atoms with Gasteiger partial charge in [0, 0.05) is 13.6 Å². The molecule has 7 nitrogen and oxygen atoms in total. The maximum atomic E-state index is 12.9. The SMILES string of the molecule is CC(C)CCNC(=O)COC(=O)c1cc(S(=O)(=O)N(C)c2ccccc2)ccc1Cl. The topological polar surface area (TPSA) is 92.8 Å². The molecule has 0 aromatic heterocycles. The first-order valence-corrected chi connectivity index (χ1v) is 11.2. The van der Waals surface area contributed by atoms with E-state index in [1.165, 1.54) is 19.2 Å². The number of hydrogen-bond donors (Lipinski definition) is 1. The zero-order valence-electron chi connectivity index (χ0n) is 17.1. The van der Waals surface area contributed by atoms with Gasteiger partial charge in [-0.05, 0) is 42.7 Å². The smallest absolute Gasteiger partial charge is 0.340 e. The molecule has 0 atom stereocenters. The number of anilines is 1. The first kappa shape index (κ1) is 23.7. The van der Waals surface area contributed by atoms with Crippen molar-refractivity contribution in [3.05, 3.63) is 59.1 Å². The third-order valence-corrected chi connectivity index (χ3v) is 6.43. The van der Waals surface area contributed by atoms with E-state index in [0.29, 0.717) is 18.2 Å². The molecular formula is C21H25ClN2O5S. The summed E-state index contributed by atoms with van der Waals surface area (Å²) in [6.07, 6.45) is 0.806. The van der Waals surface area contributed by atoms with Crippen LogP contribution in [0.15, 0.2) is 53.4 Å². The lowest BCUT2D eigenvalue weighted by Gasteiger charge is -2.20. The molecule has 2 rings (SSSR count). The highest BCUT2D eigenvalue weighted by Crippen LogP contribution is 2.26. The van der Waals surface area contributed by atoms with Gasteiger partial charge in [0.15, 0.2) is 6.61 Å². The van der Waals surface area contributed by atoms with Gasteiger partial charge in [0.2, 0.25) is 0 Å². The number of benzene rings is 2. The number of sulfonamides is 1. The van der Waals surface area contributed by atoms with Crippen LogP contribution >= 0.6 is 11.6 Å². The lowest BCUT2D eigenvalue weighted by molar-refractivity contribution is -0.124. The molecule has 0 heterocycles. The molecule has 0 radical (unpaired) electrons. The molecule has 30 heavy (non-hydrogen) atoms. The number of nitrogens with zero attached hydrogens (tertiary/aromatic N) is 1. The summed E-state index contributed by atoms with van der Waals surface area (Å²) in [6.45, 7) is 4.07. The summed E-state index contributed by atoms with van der Waals surface area (Å²) in [6, 6.07) is 12.3. The van der Waals surface area contributed by atoms with Crippen molar-refractivity contribution in [2.24, 2.45) is 5.92 Å². The maximum absolute atomic E-state index is 12.9. The minimum absolute atomic E-state index is 0.0292. The Labute approximate surface area is 182 Å². The van der Waals surface area contributed by atoms with E-state index in [9.17, 15) is 18.0 Å². The summed E-state index contributed by atoms with van der Waals surface area (Å²) in [5, 5.41) is 2.68. The van der Waals surface area contributed by atoms with Gasteiger partial charge in [0.05, 0.1) is 21.2 Å². The summed E-state index contributed by atoms with van der Waals surface area (Å²) < 4.78 is 32.0. The number of halogens is 1. The number of carbonyl (C=O) groups is 2. The summed E-state index contributed by atoms with van der Waals surface area (Å²) >= 11 is 6.06. The number of rotatable bonds is 9. The van der Waals surface area contributed by atoms with Crippen molar-refractivity contribution in [1.82, 2.24) is 5.32 Å². The minimum Gasteiger partial charge on any atom is -0.452 e. The van der Waals surface area contributed by atoms with Gasteiger partial charge in [-0.25, -0.2) is 13.2 Å². The third kappa shape index (κ3) is 6.21. The Hall–Kier alpha value is -2.58. The average Bonchev–Trinajstić information content (AvgIpc) is 2.72. The van der Waals surface area contributed by atoms with Gasteiger partial charge in [0.1, 0.15) is 0 Å². The monoisotopic (exact) mass is 452 g/mol.